The molecule has 0 radical (unpaired) electrons. The summed E-state index contributed by atoms with van der Waals surface area (Å²) in [6.45, 7) is 0.594. The van der Waals surface area contributed by atoms with E-state index < -0.39 is 10.8 Å². The molecular formula is C7H10N2O2S. The molecule has 5 heteroatoms. The van der Waals surface area contributed by atoms with Crippen LogP contribution in [0.1, 0.15) is 10.4 Å². The number of nitrogens with zero attached hydrogens (tertiary/aromatic N) is 2. The van der Waals surface area contributed by atoms with Crippen molar-refractivity contribution in [2.24, 2.45) is 0 Å². The molecule has 1 unspecified atom stereocenters. The van der Waals surface area contributed by atoms with Gasteiger partial charge in [0.05, 0.1) is 18.3 Å². The van der Waals surface area contributed by atoms with Crippen LogP contribution in [0.25, 0.3) is 0 Å². The van der Waals surface area contributed by atoms with E-state index in [0.29, 0.717) is 17.9 Å². The molecule has 0 aliphatic carbocycles. The zero-order valence-electron chi connectivity index (χ0n) is 6.77. The Bertz CT molecular complexity index is 295. The molecule has 1 aromatic heterocycles. The molecule has 12 heavy (non-hydrogen) atoms. The van der Waals surface area contributed by atoms with E-state index in [2.05, 4.69) is 5.10 Å². The van der Waals surface area contributed by atoms with Crippen molar-refractivity contribution in [1.82, 2.24) is 9.78 Å². The lowest BCUT2D eigenvalue weighted by Gasteiger charge is -1.96. The van der Waals surface area contributed by atoms with Crippen molar-refractivity contribution >= 4 is 17.1 Å². The highest BCUT2D eigenvalue weighted by Gasteiger charge is 1.97. The fourth-order valence-corrected chi connectivity index (χ4v) is 1.23. The number of aromatic nitrogens is 2. The van der Waals surface area contributed by atoms with Crippen LogP contribution < -0.4 is 0 Å². The fraction of sp³-hybridized carbons (Fsp3) is 0.429. The van der Waals surface area contributed by atoms with Crippen LogP contribution in [-0.2, 0) is 17.3 Å². The first kappa shape index (κ1) is 9.12. The van der Waals surface area contributed by atoms with Crippen molar-refractivity contribution in [3.05, 3.63) is 18.0 Å². The summed E-state index contributed by atoms with van der Waals surface area (Å²) in [5.41, 5.74) is 0.553. The van der Waals surface area contributed by atoms with Gasteiger partial charge in [-0.1, -0.05) is 0 Å². The smallest absolute Gasteiger partial charge is 0.153 e. The van der Waals surface area contributed by atoms with E-state index in [9.17, 15) is 9.00 Å². The second kappa shape index (κ2) is 4.15. The van der Waals surface area contributed by atoms with Gasteiger partial charge in [-0.2, -0.15) is 5.10 Å². The number of carbonyl (C=O) groups is 1. The summed E-state index contributed by atoms with van der Waals surface area (Å²) in [4.78, 5) is 10.2. The lowest BCUT2D eigenvalue weighted by atomic mass is 10.4. The minimum Gasteiger partial charge on any atom is -0.298 e. The Morgan fingerprint density at radius 1 is 1.75 bits per heavy atom. The van der Waals surface area contributed by atoms with Crippen molar-refractivity contribution in [2.45, 2.75) is 6.54 Å². The third-order valence-electron chi connectivity index (χ3n) is 1.40. The first-order valence-electron chi connectivity index (χ1n) is 3.50. The standard InChI is InChI=1S/C7H10N2O2S/c1-12(11)3-2-9-5-7(6-10)4-8-9/h4-6H,2-3H2,1H3. The summed E-state index contributed by atoms with van der Waals surface area (Å²) in [5.74, 6) is 0.569. The van der Waals surface area contributed by atoms with E-state index >= 15 is 0 Å². The molecule has 0 aliphatic heterocycles. The van der Waals surface area contributed by atoms with E-state index in [4.69, 9.17) is 0 Å². The first-order valence-corrected chi connectivity index (χ1v) is 5.23. The predicted octanol–water partition coefficient (Wildman–Crippen LogP) is 0.0741. The Balaban J connectivity index is 2.52. The molecule has 1 atom stereocenters. The lowest BCUT2D eigenvalue weighted by molar-refractivity contribution is 0.112. The molecule has 0 aliphatic rings. The Hall–Kier alpha value is -0.970. The van der Waals surface area contributed by atoms with Crippen LogP contribution >= 0.6 is 0 Å². The number of rotatable bonds is 4. The van der Waals surface area contributed by atoms with Gasteiger partial charge in [-0.15, -0.1) is 0 Å². The molecule has 1 heterocycles. The zero-order valence-corrected chi connectivity index (χ0v) is 7.58. The van der Waals surface area contributed by atoms with Crippen LogP contribution in [0.2, 0.25) is 0 Å². The monoisotopic (exact) mass is 186 g/mol. The van der Waals surface area contributed by atoms with Crippen molar-refractivity contribution in [2.75, 3.05) is 12.0 Å². The summed E-state index contributed by atoms with van der Waals surface area (Å²) in [7, 11) is -0.808. The average Bonchev–Trinajstić information content (AvgIpc) is 2.48. The maximum absolute atomic E-state index is 10.7. The van der Waals surface area contributed by atoms with Gasteiger partial charge in [-0.25, -0.2) is 0 Å². The molecular weight excluding hydrogens is 176 g/mol. The van der Waals surface area contributed by atoms with Gasteiger partial charge in [0.15, 0.2) is 6.29 Å². The van der Waals surface area contributed by atoms with E-state index in [-0.39, 0.29) is 0 Å². The second-order valence-electron chi connectivity index (χ2n) is 2.43. The van der Waals surface area contributed by atoms with Gasteiger partial charge in [0.1, 0.15) is 0 Å². The third kappa shape index (κ3) is 2.58. The second-order valence-corrected chi connectivity index (χ2v) is 3.99. The van der Waals surface area contributed by atoms with Gasteiger partial charge >= 0.3 is 0 Å². The van der Waals surface area contributed by atoms with Crippen LogP contribution in [0.3, 0.4) is 0 Å². The summed E-state index contributed by atoms with van der Waals surface area (Å²) in [6.07, 6.45) is 5.52. The van der Waals surface area contributed by atoms with Gasteiger partial charge in [0, 0.05) is 29.0 Å². The Morgan fingerprint density at radius 3 is 3.00 bits per heavy atom. The van der Waals surface area contributed by atoms with Crippen LogP contribution in [-0.4, -0.2) is 32.3 Å². The Kier molecular flexibility index (Phi) is 3.16. The Morgan fingerprint density at radius 2 is 2.50 bits per heavy atom. The average molecular weight is 186 g/mol. The largest absolute Gasteiger partial charge is 0.298 e. The van der Waals surface area contributed by atoms with Gasteiger partial charge in [-0.3, -0.25) is 13.7 Å². The molecule has 0 fully saturated rings. The third-order valence-corrected chi connectivity index (χ3v) is 2.15. The van der Waals surface area contributed by atoms with Crippen molar-refractivity contribution in [1.29, 1.82) is 0 Å². The van der Waals surface area contributed by atoms with E-state index in [0.717, 1.165) is 6.29 Å². The van der Waals surface area contributed by atoms with Gasteiger partial charge in [0.25, 0.3) is 0 Å². The van der Waals surface area contributed by atoms with E-state index in [1.54, 1.807) is 17.1 Å². The van der Waals surface area contributed by atoms with Crippen molar-refractivity contribution < 1.29 is 9.00 Å². The molecule has 0 N–H and O–H groups in total. The molecule has 0 saturated heterocycles. The topological polar surface area (TPSA) is 52.0 Å². The van der Waals surface area contributed by atoms with Crippen LogP contribution in [0, 0.1) is 0 Å². The lowest BCUT2D eigenvalue weighted by Crippen LogP contribution is -2.06. The van der Waals surface area contributed by atoms with E-state index in [1.165, 1.54) is 6.20 Å². The summed E-state index contributed by atoms with van der Waals surface area (Å²) < 4.78 is 12.3. The SMILES string of the molecule is CS(=O)CCn1cc(C=O)cn1. The minimum atomic E-state index is -0.808. The number of aldehydes is 1. The number of hydrogen-bond acceptors (Lipinski definition) is 3. The molecule has 0 amide bonds. The van der Waals surface area contributed by atoms with Crippen LogP contribution in [0.15, 0.2) is 12.4 Å². The summed E-state index contributed by atoms with van der Waals surface area (Å²) in [6, 6.07) is 0. The fourth-order valence-electron chi connectivity index (χ4n) is 0.785. The zero-order chi connectivity index (χ0) is 8.97. The number of aryl methyl sites for hydroxylation is 1. The highest BCUT2D eigenvalue weighted by molar-refractivity contribution is 7.84. The van der Waals surface area contributed by atoms with Crippen molar-refractivity contribution in [3.8, 4) is 0 Å². The van der Waals surface area contributed by atoms with Gasteiger partial charge in [0.2, 0.25) is 0 Å². The number of carbonyl (C=O) groups excluding carboxylic acids is 1. The molecule has 4 nitrogen and oxygen atoms in total. The molecule has 0 saturated carbocycles. The quantitative estimate of drug-likeness (QED) is 0.625. The number of hydrogen-bond donors (Lipinski definition) is 0. The van der Waals surface area contributed by atoms with Gasteiger partial charge < -0.3 is 0 Å². The molecule has 0 spiro atoms. The van der Waals surface area contributed by atoms with Crippen LogP contribution in [0.4, 0.5) is 0 Å². The highest BCUT2D eigenvalue weighted by Crippen LogP contribution is 1.93. The van der Waals surface area contributed by atoms with E-state index in [1.807, 2.05) is 0 Å². The maximum Gasteiger partial charge on any atom is 0.153 e. The summed E-state index contributed by atoms with van der Waals surface area (Å²) >= 11 is 0. The Labute approximate surface area is 73.0 Å². The van der Waals surface area contributed by atoms with Gasteiger partial charge in [-0.05, 0) is 0 Å². The van der Waals surface area contributed by atoms with Crippen molar-refractivity contribution in [3.63, 3.8) is 0 Å². The highest BCUT2D eigenvalue weighted by atomic mass is 32.2. The molecule has 66 valence electrons. The maximum atomic E-state index is 10.7. The molecule has 0 aromatic carbocycles. The summed E-state index contributed by atoms with van der Waals surface area (Å²) in [5, 5.41) is 3.91. The molecule has 1 rings (SSSR count). The minimum absolute atomic E-state index is 0.553. The predicted molar refractivity (Wildman–Crippen MR) is 46.5 cm³/mol. The molecule has 0 bridgehead atoms. The molecule has 1 aromatic rings. The van der Waals surface area contributed by atoms with Crippen LogP contribution in [0.5, 0.6) is 0 Å². The first-order chi connectivity index (χ1) is 5.72. The normalized spacial score (nSPS) is 12.8.